The Labute approximate surface area is 132 Å². The van der Waals surface area contributed by atoms with Crippen molar-refractivity contribution in [1.82, 2.24) is 9.62 Å². The molecule has 6 heteroatoms. The van der Waals surface area contributed by atoms with Crippen LogP contribution in [0.4, 0.5) is 0 Å². The Morgan fingerprint density at radius 2 is 1.86 bits per heavy atom. The van der Waals surface area contributed by atoms with Crippen LogP contribution in [-0.2, 0) is 22.3 Å². The average molecular weight is 329 g/mol. The summed E-state index contributed by atoms with van der Waals surface area (Å²) in [6, 6.07) is 8.56. The smallest absolute Gasteiger partial charge is 0.218 e. The molecule has 1 aromatic carbocycles. The normalized spacial score (nSPS) is 15.6. The summed E-state index contributed by atoms with van der Waals surface area (Å²) < 4.78 is 25.9. The molecule has 21 heavy (non-hydrogen) atoms. The van der Waals surface area contributed by atoms with Gasteiger partial charge in [0.15, 0.2) is 0 Å². The fourth-order valence-corrected chi connectivity index (χ4v) is 3.76. The first-order chi connectivity index (χ1) is 10.0. The molecular weight excluding hydrogens is 304 g/mol. The molecule has 0 atom stereocenters. The van der Waals surface area contributed by atoms with E-state index in [2.05, 4.69) is 5.32 Å². The Morgan fingerprint density at radius 1 is 1.24 bits per heavy atom. The number of rotatable bonds is 9. The van der Waals surface area contributed by atoms with E-state index in [1.54, 1.807) is 18.8 Å². The van der Waals surface area contributed by atoms with Crippen molar-refractivity contribution >= 4 is 21.8 Å². The molecule has 2 rings (SSSR count). The second-order valence-electron chi connectivity index (χ2n) is 5.54. The van der Waals surface area contributed by atoms with Crippen molar-refractivity contribution in [3.05, 3.63) is 35.4 Å². The zero-order valence-electron chi connectivity index (χ0n) is 12.7. The zero-order chi connectivity index (χ0) is 15.3. The summed E-state index contributed by atoms with van der Waals surface area (Å²) in [6.07, 6.45) is 4.53. The number of thioether (sulfide) groups is 1. The Balaban J connectivity index is 1.88. The molecule has 1 fully saturated rings. The quantitative estimate of drug-likeness (QED) is 0.754. The van der Waals surface area contributed by atoms with Gasteiger partial charge in [-0.05, 0) is 30.2 Å². The van der Waals surface area contributed by atoms with Crippen molar-refractivity contribution in [2.24, 2.45) is 0 Å². The molecule has 0 bridgehead atoms. The molecule has 0 spiro atoms. The van der Waals surface area contributed by atoms with E-state index < -0.39 is 10.0 Å². The molecule has 0 radical (unpaired) electrons. The van der Waals surface area contributed by atoms with E-state index in [0.29, 0.717) is 12.6 Å². The van der Waals surface area contributed by atoms with E-state index in [-0.39, 0.29) is 5.75 Å². The van der Waals surface area contributed by atoms with Gasteiger partial charge in [0.1, 0.15) is 0 Å². The Hall–Kier alpha value is -0.560. The van der Waals surface area contributed by atoms with Crippen LogP contribution < -0.4 is 5.32 Å². The molecule has 0 aromatic heterocycles. The molecule has 1 aliphatic carbocycles. The Morgan fingerprint density at radius 3 is 2.43 bits per heavy atom. The summed E-state index contributed by atoms with van der Waals surface area (Å²) in [5.74, 6) is 0.899. The fourth-order valence-electron chi connectivity index (χ4n) is 1.98. The number of benzene rings is 1. The van der Waals surface area contributed by atoms with E-state index in [4.69, 9.17) is 0 Å². The Bertz CT molecular complexity index is 539. The lowest BCUT2D eigenvalue weighted by Crippen LogP contribution is -2.30. The lowest BCUT2D eigenvalue weighted by atomic mass is 10.1. The molecule has 1 N–H and O–H groups in total. The van der Waals surface area contributed by atoms with Crippen molar-refractivity contribution < 1.29 is 8.42 Å². The minimum absolute atomic E-state index is 0.0776. The van der Waals surface area contributed by atoms with Crippen LogP contribution in [0.15, 0.2) is 24.3 Å². The number of hydrogen-bond acceptors (Lipinski definition) is 4. The van der Waals surface area contributed by atoms with Gasteiger partial charge in [-0.1, -0.05) is 24.3 Å². The number of hydrogen-bond donors (Lipinski definition) is 1. The molecule has 1 aliphatic rings. The van der Waals surface area contributed by atoms with Gasteiger partial charge in [0.2, 0.25) is 10.0 Å². The maximum absolute atomic E-state index is 12.2. The third-order valence-electron chi connectivity index (χ3n) is 3.63. The van der Waals surface area contributed by atoms with Crippen molar-refractivity contribution in [3.63, 3.8) is 0 Å². The topological polar surface area (TPSA) is 49.4 Å². The maximum Gasteiger partial charge on any atom is 0.218 e. The molecule has 4 nitrogen and oxygen atoms in total. The van der Waals surface area contributed by atoms with Crippen LogP contribution in [0.5, 0.6) is 0 Å². The average Bonchev–Trinajstić information content (AvgIpc) is 3.27. The first-order valence-electron chi connectivity index (χ1n) is 7.25. The number of nitrogens with one attached hydrogen (secondary N) is 1. The van der Waals surface area contributed by atoms with Crippen molar-refractivity contribution in [3.8, 4) is 0 Å². The molecule has 1 saturated carbocycles. The molecule has 0 amide bonds. The van der Waals surface area contributed by atoms with E-state index in [1.165, 1.54) is 22.7 Å². The Kier molecular flexibility index (Phi) is 6.10. The first kappa shape index (κ1) is 16.8. The summed E-state index contributed by atoms with van der Waals surface area (Å²) in [4.78, 5) is 0. The second-order valence-corrected chi connectivity index (χ2v) is 8.60. The predicted octanol–water partition coefficient (Wildman–Crippen LogP) is 2.06. The highest BCUT2D eigenvalue weighted by Gasteiger charge is 2.20. The molecule has 0 aliphatic heterocycles. The van der Waals surface area contributed by atoms with Crippen LogP contribution in [-0.4, -0.2) is 44.4 Å². The standard InChI is InChI=1S/C15H24N2O2S2/c1-17(9-10-20-2)21(18,19)12-14-5-3-13(4-6-14)11-16-15-7-8-15/h3-6,15-16H,7-12H2,1-2H3. The molecule has 0 unspecified atom stereocenters. The summed E-state index contributed by atoms with van der Waals surface area (Å²) in [6.45, 7) is 1.43. The molecule has 0 saturated heterocycles. The van der Waals surface area contributed by atoms with Crippen LogP contribution in [0.2, 0.25) is 0 Å². The lowest BCUT2D eigenvalue weighted by molar-refractivity contribution is 0.487. The van der Waals surface area contributed by atoms with E-state index in [0.717, 1.165) is 17.9 Å². The van der Waals surface area contributed by atoms with E-state index >= 15 is 0 Å². The van der Waals surface area contributed by atoms with Crippen LogP contribution in [0.25, 0.3) is 0 Å². The van der Waals surface area contributed by atoms with Crippen LogP contribution in [0.1, 0.15) is 24.0 Å². The highest BCUT2D eigenvalue weighted by atomic mass is 32.2. The predicted molar refractivity (Wildman–Crippen MR) is 89.9 cm³/mol. The summed E-state index contributed by atoms with van der Waals surface area (Å²) in [7, 11) is -1.56. The van der Waals surface area contributed by atoms with Gasteiger partial charge < -0.3 is 5.32 Å². The highest BCUT2D eigenvalue weighted by Crippen LogP contribution is 2.19. The van der Waals surface area contributed by atoms with Crippen molar-refractivity contribution in [1.29, 1.82) is 0 Å². The number of sulfonamides is 1. The minimum atomic E-state index is -3.21. The zero-order valence-corrected chi connectivity index (χ0v) is 14.3. The number of nitrogens with zero attached hydrogens (tertiary/aromatic N) is 1. The summed E-state index contributed by atoms with van der Waals surface area (Å²) in [5.41, 5.74) is 2.06. The van der Waals surface area contributed by atoms with Gasteiger partial charge in [0.25, 0.3) is 0 Å². The van der Waals surface area contributed by atoms with Gasteiger partial charge in [-0.25, -0.2) is 12.7 Å². The van der Waals surface area contributed by atoms with Crippen molar-refractivity contribution in [2.75, 3.05) is 25.6 Å². The highest BCUT2D eigenvalue weighted by molar-refractivity contribution is 7.98. The SMILES string of the molecule is CSCCN(C)S(=O)(=O)Cc1ccc(CNC2CC2)cc1. The van der Waals surface area contributed by atoms with Gasteiger partial charge in [-0.2, -0.15) is 11.8 Å². The van der Waals surface area contributed by atoms with Gasteiger partial charge >= 0.3 is 0 Å². The van der Waals surface area contributed by atoms with Gasteiger partial charge in [0, 0.05) is 31.9 Å². The van der Waals surface area contributed by atoms with Crippen molar-refractivity contribution in [2.45, 2.75) is 31.2 Å². The summed E-state index contributed by atoms with van der Waals surface area (Å²) >= 11 is 1.65. The second kappa shape index (κ2) is 7.63. The molecule has 0 heterocycles. The van der Waals surface area contributed by atoms with Crippen LogP contribution in [0, 0.1) is 0 Å². The monoisotopic (exact) mass is 328 g/mol. The van der Waals surface area contributed by atoms with Gasteiger partial charge in [-0.3, -0.25) is 0 Å². The van der Waals surface area contributed by atoms with Crippen LogP contribution >= 0.6 is 11.8 Å². The third-order valence-corrected chi connectivity index (χ3v) is 6.05. The first-order valence-corrected chi connectivity index (χ1v) is 10.3. The fraction of sp³-hybridized carbons (Fsp3) is 0.600. The van der Waals surface area contributed by atoms with Gasteiger partial charge in [0.05, 0.1) is 5.75 Å². The summed E-state index contributed by atoms with van der Waals surface area (Å²) in [5, 5.41) is 3.45. The van der Waals surface area contributed by atoms with Crippen LogP contribution in [0.3, 0.4) is 0 Å². The molecule has 1 aromatic rings. The lowest BCUT2D eigenvalue weighted by Gasteiger charge is -2.16. The maximum atomic E-state index is 12.2. The van der Waals surface area contributed by atoms with E-state index in [9.17, 15) is 8.42 Å². The third kappa shape index (κ3) is 5.62. The van der Waals surface area contributed by atoms with E-state index in [1.807, 2.05) is 30.5 Å². The molecular formula is C15H24N2O2S2. The largest absolute Gasteiger partial charge is 0.310 e. The molecule has 118 valence electrons. The minimum Gasteiger partial charge on any atom is -0.310 e. The van der Waals surface area contributed by atoms with Gasteiger partial charge in [-0.15, -0.1) is 0 Å².